The van der Waals surface area contributed by atoms with Gasteiger partial charge in [0.2, 0.25) is 0 Å². The van der Waals surface area contributed by atoms with Crippen LogP contribution in [0.25, 0.3) is 10.9 Å². The van der Waals surface area contributed by atoms with Crippen molar-refractivity contribution in [2.75, 3.05) is 5.32 Å². The molecule has 146 valence electrons. The molecule has 0 unspecified atom stereocenters. The summed E-state index contributed by atoms with van der Waals surface area (Å²) in [5.74, 6) is 1.65. The van der Waals surface area contributed by atoms with Crippen LogP contribution in [-0.2, 0) is 5.75 Å². The third kappa shape index (κ3) is 4.48. The fourth-order valence-electron chi connectivity index (χ4n) is 4.32. The number of aromatic amines is 1. The molecule has 0 saturated heterocycles. The van der Waals surface area contributed by atoms with Crippen LogP contribution in [0, 0.1) is 11.7 Å². The summed E-state index contributed by atoms with van der Waals surface area (Å²) in [6.45, 7) is 2.31. The lowest BCUT2D eigenvalue weighted by Crippen LogP contribution is -2.17. The molecule has 0 aliphatic heterocycles. The highest BCUT2D eigenvalue weighted by Gasteiger charge is 2.20. The number of aromatic nitrogens is 2. The molecule has 4 rings (SSSR count). The van der Waals surface area contributed by atoms with Gasteiger partial charge >= 0.3 is 0 Å². The molecule has 0 bridgehead atoms. The fourth-order valence-corrected chi connectivity index (χ4v) is 5.46. The van der Waals surface area contributed by atoms with Crippen molar-refractivity contribution >= 4 is 28.4 Å². The third-order valence-corrected chi connectivity index (χ3v) is 7.34. The maximum absolute atomic E-state index is 14.5. The van der Waals surface area contributed by atoms with E-state index in [1.807, 2.05) is 17.8 Å². The Balaban J connectivity index is 1.52. The summed E-state index contributed by atoms with van der Waals surface area (Å²) in [6, 6.07) is 3.64. The van der Waals surface area contributed by atoms with Gasteiger partial charge in [0.25, 0.3) is 5.56 Å². The molecule has 2 saturated carbocycles. The fraction of sp³-hybridized carbons (Fsp3) is 0.619. The number of H-pyrrole nitrogens is 1. The normalized spacial score (nSPS) is 23.8. The minimum Gasteiger partial charge on any atom is -0.382 e. The molecule has 0 amide bonds. The smallest absolute Gasteiger partial charge is 0.261 e. The van der Waals surface area contributed by atoms with Gasteiger partial charge in [-0.1, -0.05) is 19.8 Å². The topological polar surface area (TPSA) is 57.8 Å². The Hall–Kier alpha value is -1.56. The number of rotatable bonds is 5. The summed E-state index contributed by atoms with van der Waals surface area (Å²) >= 11 is 1.86. The Bertz CT molecular complexity index is 854. The van der Waals surface area contributed by atoms with Gasteiger partial charge in [0.05, 0.1) is 11.3 Å². The van der Waals surface area contributed by atoms with Gasteiger partial charge in [-0.05, 0) is 56.6 Å². The lowest BCUT2D eigenvalue weighted by atomic mass is 9.91. The minimum absolute atomic E-state index is 0.0622. The highest BCUT2D eigenvalue weighted by molar-refractivity contribution is 7.99. The second-order valence-electron chi connectivity index (χ2n) is 8.18. The van der Waals surface area contributed by atoms with Crippen LogP contribution in [0.5, 0.6) is 0 Å². The van der Waals surface area contributed by atoms with E-state index in [-0.39, 0.29) is 10.9 Å². The molecule has 2 fully saturated rings. The molecule has 1 aromatic heterocycles. The summed E-state index contributed by atoms with van der Waals surface area (Å²) in [5, 5.41) is 4.10. The van der Waals surface area contributed by atoms with Crippen molar-refractivity contribution in [1.82, 2.24) is 9.97 Å². The number of anilines is 1. The number of hydrogen-bond donors (Lipinski definition) is 2. The van der Waals surface area contributed by atoms with E-state index in [0.717, 1.165) is 24.4 Å². The van der Waals surface area contributed by atoms with Crippen molar-refractivity contribution in [2.24, 2.45) is 5.92 Å². The molecule has 1 aromatic carbocycles. The van der Waals surface area contributed by atoms with Crippen molar-refractivity contribution in [3.8, 4) is 0 Å². The lowest BCUT2D eigenvalue weighted by Gasteiger charge is -2.25. The Morgan fingerprint density at radius 3 is 2.67 bits per heavy atom. The van der Waals surface area contributed by atoms with Crippen LogP contribution < -0.4 is 10.9 Å². The zero-order chi connectivity index (χ0) is 18.8. The predicted octanol–water partition coefficient (Wildman–Crippen LogP) is 5.23. The predicted molar refractivity (Wildman–Crippen MR) is 111 cm³/mol. The van der Waals surface area contributed by atoms with E-state index in [9.17, 15) is 9.18 Å². The Kier molecular flexibility index (Phi) is 5.71. The number of hydrogen-bond acceptors (Lipinski definition) is 4. The van der Waals surface area contributed by atoms with Gasteiger partial charge in [0, 0.05) is 17.0 Å². The lowest BCUT2D eigenvalue weighted by molar-refractivity contribution is 0.393. The molecule has 2 aliphatic rings. The number of nitrogens with one attached hydrogen (secondary N) is 2. The second-order valence-corrected chi connectivity index (χ2v) is 9.47. The van der Waals surface area contributed by atoms with Crippen LogP contribution >= 0.6 is 11.8 Å². The molecule has 4 nitrogen and oxygen atoms in total. The highest BCUT2D eigenvalue weighted by Crippen LogP contribution is 2.33. The summed E-state index contributed by atoms with van der Waals surface area (Å²) in [4.78, 5) is 19.8. The van der Waals surface area contributed by atoms with E-state index in [1.54, 1.807) is 0 Å². The SMILES string of the molecule is CC1CCC(SCc2nc3cc(NC4CCCC4)cc(F)c3c(=O)[nH]2)CC1. The number of benzene rings is 1. The van der Waals surface area contributed by atoms with Crippen LogP contribution in [0.2, 0.25) is 0 Å². The van der Waals surface area contributed by atoms with Gasteiger partial charge < -0.3 is 10.3 Å². The zero-order valence-electron chi connectivity index (χ0n) is 15.9. The van der Waals surface area contributed by atoms with E-state index in [1.165, 1.54) is 44.6 Å². The van der Waals surface area contributed by atoms with Gasteiger partial charge in [0.1, 0.15) is 17.0 Å². The van der Waals surface area contributed by atoms with Crippen LogP contribution in [0.4, 0.5) is 10.1 Å². The van der Waals surface area contributed by atoms with Crippen molar-refractivity contribution < 1.29 is 4.39 Å². The van der Waals surface area contributed by atoms with Crippen molar-refractivity contribution in [3.63, 3.8) is 0 Å². The van der Waals surface area contributed by atoms with Gasteiger partial charge in [0.15, 0.2) is 0 Å². The average molecular weight is 390 g/mol. The molecule has 0 atom stereocenters. The number of thioether (sulfide) groups is 1. The molecular weight excluding hydrogens is 361 g/mol. The van der Waals surface area contributed by atoms with E-state index in [4.69, 9.17) is 0 Å². The van der Waals surface area contributed by atoms with Crippen molar-refractivity contribution in [1.29, 1.82) is 0 Å². The van der Waals surface area contributed by atoms with Gasteiger partial charge in [-0.2, -0.15) is 11.8 Å². The van der Waals surface area contributed by atoms with Gasteiger partial charge in [-0.15, -0.1) is 0 Å². The van der Waals surface area contributed by atoms with Gasteiger partial charge in [-0.25, -0.2) is 9.37 Å². The first-order chi connectivity index (χ1) is 13.1. The monoisotopic (exact) mass is 389 g/mol. The first-order valence-electron chi connectivity index (χ1n) is 10.2. The maximum Gasteiger partial charge on any atom is 0.261 e. The van der Waals surface area contributed by atoms with E-state index >= 15 is 0 Å². The molecule has 0 radical (unpaired) electrons. The minimum atomic E-state index is -0.498. The largest absolute Gasteiger partial charge is 0.382 e. The molecule has 2 aromatic rings. The highest BCUT2D eigenvalue weighted by atomic mass is 32.2. The third-order valence-electron chi connectivity index (χ3n) is 5.95. The van der Waals surface area contributed by atoms with Gasteiger partial charge in [-0.3, -0.25) is 4.79 Å². The first-order valence-corrected chi connectivity index (χ1v) is 11.2. The van der Waals surface area contributed by atoms with Crippen LogP contribution in [0.1, 0.15) is 64.1 Å². The molecule has 1 heterocycles. The van der Waals surface area contributed by atoms with Crippen molar-refractivity contribution in [3.05, 3.63) is 34.1 Å². The second kappa shape index (κ2) is 8.21. The molecular formula is C21H28FN3OS. The molecule has 2 aliphatic carbocycles. The van der Waals surface area contributed by atoms with Crippen molar-refractivity contribution in [2.45, 2.75) is 75.3 Å². The zero-order valence-corrected chi connectivity index (χ0v) is 16.7. The van der Waals surface area contributed by atoms with Crippen LogP contribution in [-0.4, -0.2) is 21.3 Å². The standard InChI is InChI=1S/C21H28FN3OS/c1-13-6-8-16(9-7-13)27-12-19-24-18-11-15(23-14-4-2-3-5-14)10-17(22)20(18)21(26)25-19/h10-11,13-14,16,23H,2-9,12H2,1H3,(H,24,25,26). The molecule has 2 N–H and O–H groups in total. The van der Waals surface area contributed by atoms with E-state index < -0.39 is 5.82 Å². The Labute approximate surface area is 163 Å². The molecule has 0 spiro atoms. The number of fused-ring (bicyclic) bond motifs is 1. The number of nitrogens with zero attached hydrogens (tertiary/aromatic N) is 1. The average Bonchev–Trinajstić information content (AvgIpc) is 3.13. The summed E-state index contributed by atoms with van der Waals surface area (Å²) in [5.41, 5.74) is 0.801. The number of halogens is 1. The Morgan fingerprint density at radius 1 is 1.19 bits per heavy atom. The summed E-state index contributed by atoms with van der Waals surface area (Å²) < 4.78 is 14.5. The summed E-state index contributed by atoms with van der Waals surface area (Å²) in [6.07, 6.45) is 9.68. The quantitative estimate of drug-likeness (QED) is 0.735. The van der Waals surface area contributed by atoms with Crippen LogP contribution in [0.3, 0.4) is 0 Å². The van der Waals surface area contributed by atoms with Crippen LogP contribution in [0.15, 0.2) is 16.9 Å². The van der Waals surface area contributed by atoms with E-state index in [2.05, 4.69) is 22.2 Å². The van der Waals surface area contributed by atoms with E-state index in [0.29, 0.717) is 28.4 Å². The first kappa shape index (κ1) is 18.8. The molecule has 6 heteroatoms. The Morgan fingerprint density at radius 2 is 1.93 bits per heavy atom. The maximum atomic E-state index is 14.5. The summed E-state index contributed by atoms with van der Waals surface area (Å²) in [7, 11) is 0. The molecule has 27 heavy (non-hydrogen) atoms.